The number of methoxy groups -OCH3 is 1. The van der Waals surface area contributed by atoms with E-state index in [1.54, 1.807) is 7.11 Å². The maximum Gasteiger partial charge on any atom is 0.119 e. The van der Waals surface area contributed by atoms with E-state index in [4.69, 9.17) is 10.5 Å². The topological polar surface area (TPSA) is 35.2 Å². The van der Waals surface area contributed by atoms with Crippen molar-refractivity contribution in [1.82, 2.24) is 0 Å². The smallest absolute Gasteiger partial charge is 0.119 e. The normalized spacial score (nSPS) is 12.6. The van der Waals surface area contributed by atoms with Crippen LogP contribution in [0.5, 0.6) is 5.75 Å². The Bertz CT molecular complexity index is 299. The van der Waals surface area contributed by atoms with Crippen molar-refractivity contribution in [2.24, 2.45) is 5.73 Å². The fraction of sp³-hybridized carbons (Fsp3) is 0.455. The van der Waals surface area contributed by atoms with Gasteiger partial charge in [0.1, 0.15) is 5.75 Å². The van der Waals surface area contributed by atoms with Gasteiger partial charge in [-0.25, -0.2) is 0 Å². The Balaban J connectivity index is 2.73. The minimum atomic E-state index is 0.244. The average molecular weight is 258 g/mol. The molecule has 1 aromatic carbocycles. The molecule has 0 aliphatic rings. The first-order chi connectivity index (χ1) is 6.63. The molecule has 0 fully saturated rings. The second-order valence-corrected chi connectivity index (χ2v) is 4.33. The van der Waals surface area contributed by atoms with E-state index in [1.165, 1.54) is 5.56 Å². The van der Waals surface area contributed by atoms with Crippen LogP contribution in [0.3, 0.4) is 0 Å². The molecule has 0 amide bonds. The van der Waals surface area contributed by atoms with E-state index < -0.39 is 0 Å². The lowest BCUT2D eigenvalue weighted by Crippen LogP contribution is -2.15. The maximum atomic E-state index is 5.71. The van der Waals surface area contributed by atoms with Crippen LogP contribution in [-0.4, -0.2) is 13.2 Å². The third-order valence-corrected chi connectivity index (χ3v) is 2.90. The molecule has 0 aliphatic carbocycles. The summed E-state index contributed by atoms with van der Waals surface area (Å²) in [5.74, 6) is 0.896. The number of benzene rings is 1. The maximum absolute atomic E-state index is 5.71. The summed E-state index contributed by atoms with van der Waals surface area (Å²) >= 11 is 3.51. The third kappa shape index (κ3) is 3.31. The number of ether oxygens (including phenoxy) is 1. The number of hydrogen-bond acceptors (Lipinski definition) is 2. The van der Waals surface area contributed by atoms with Crippen molar-refractivity contribution in [1.29, 1.82) is 0 Å². The van der Waals surface area contributed by atoms with Gasteiger partial charge in [-0.1, -0.05) is 15.9 Å². The van der Waals surface area contributed by atoms with Crippen molar-refractivity contribution in [2.75, 3.05) is 7.11 Å². The molecule has 78 valence electrons. The van der Waals surface area contributed by atoms with E-state index in [2.05, 4.69) is 15.9 Å². The first-order valence-corrected chi connectivity index (χ1v) is 5.50. The van der Waals surface area contributed by atoms with Gasteiger partial charge in [-0.3, -0.25) is 0 Å². The summed E-state index contributed by atoms with van der Waals surface area (Å²) in [5.41, 5.74) is 6.97. The predicted octanol–water partition coefficient (Wildman–Crippen LogP) is 2.74. The van der Waals surface area contributed by atoms with E-state index >= 15 is 0 Å². The van der Waals surface area contributed by atoms with Gasteiger partial charge in [0.25, 0.3) is 0 Å². The lowest BCUT2D eigenvalue weighted by molar-refractivity contribution is 0.414. The highest BCUT2D eigenvalue weighted by Gasteiger charge is 2.03. The van der Waals surface area contributed by atoms with Crippen molar-refractivity contribution in [3.63, 3.8) is 0 Å². The Morgan fingerprint density at radius 3 is 2.79 bits per heavy atom. The number of halogens is 1. The van der Waals surface area contributed by atoms with Crippen LogP contribution in [-0.2, 0) is 6.42 Å². The van der Waals surface area contributed by atoms with Crippen LogP contribution in [0, 0.1) is 0 Å². The molecule has 1 rings (SSSR count). The SMILES string of the molecule is COc1ccc(Br)c(CC[C@@H](C)N)c1. The van der Waals surface area contributed by atoms with Crippen molar-refractivity contribution in [2.45, 2.75) is 25.8 Å². The molecular formula is C11H16BrNO. The van der Waals surface area contributed by atoms with E-state index in [9.17, 15) is 0 Å². The molecule has 14 heavy (non-hydrogen) atoms. The molecule has 2 nitrogen and oxygen atoms in total. The van der Waals surface area contributed by atoms with E-state index in [0.29, 0.717) is 0 Å². The van der Waals surface area contributed by atoms with Gasteiger partial charge in [0, 0.05) is 10.5 Å². The van der Waals surface area contributed by atoms with E-state index in [1.807, 2.05) is 25.1 Å². The molecule has 0 aliphatic heterocycles. The Labute approximate surface area is 93.6 Å². The lowest BCUT2D eigenvalue weighted by Gasteiger charge is -2.08. The molecule has 0 unspecified atom stereocenters. The Kier molecular flexibility index (Phi) is 4.42. The van der Waals surface area contributed by atoms with Crippen LogP contribution < -0.4 is 10.5 Å². The number of aryl methyl sites for hydroxylation is 1. The summed E-state index contributed by atoms with van der Waals surface area (Å²) in [6, 6.07) is 6.24. The van der Waals surface area contributed by atoms with Crippen LogP contribution in [0.1, 0.15) is 18.9 Å². The van der Waals surface area contributed by atoms with Crippen molar-refractivity contribution in [3.8, 4) is 5.75 Å². The number of nitrogens with two attached hydrogens (primary N) is 1. The quantitative estimate of drug-likeness (QED) is 0.901. The molecule has 0 heterocycles. The van der Waals surface area contributed by atoms with Crippen molar-refractivity contribution in [3.05, 3.63) is 28.2 Å². The molecule has 0 aromatic heterocycles. The van der Waals surface area contributed by atoms with Gasteiger partial charge in [-0.2, -0.15) is 0 Å². The van der Waals surface area contributed by atoms with Gasteiger partial charge in [-0.05, 0) is 43.5 Å². The second-order valence-electron chi connectivity index (χ2n) is 3.47. The van der Waals surface area contributed by atoms with E-state index in [-0.39, 0.29) is 6.04 Å². The summed E-state index contributed by atoms with van der Waals surface area (Å²) in [6.45, 7) is 2.02. The zero-order valence-corrected chi connectivity index (χ0v) is 10.2. The zero-order valence-electron chi connectivity index (χ0n) is 8.59. The predicted molar refractivity (Wildman–Crippen MR) is 62.7 cm³/mol. The summed E-state index contributed by atoms with van der Waals surface area (Å²) in [7, 11) is 1.68. The standard InChI is InChI=1S/C11H16BrNO/c1-8(13)3-4-9-7-10(14-2)5-6-11(9)12/h5-8H,3-4,13H2,1-2H3/t8-/m1/s1. The Hall–Kier alpha value is -0.540. The molecule has 1 aromatic rings. The van der Waals surface area contributed by atoms with Crippen molar-refractivity contribution < 1.29 is 4.74 Å². The number of rotatable bonds is 4. The highest BCUT2D eigenvalue weighted by molar-refractivity contribution is 9.10. The molecule has 2 N–H and O–H groups in total. The van der Waals surface area contributed by atoms with Crippen LogP contribution in [0.15, 0.2) is 22.7 Å². The van der Waals surface area contributed by atoms with Crippen LogP contribution in [0.2, 0.25) is 0 Å². The van der Waals surface area contributed by atoms with Gasteiger partial charge in [0.15, 0.2) is 0 Å². The molecule has 0 spiro atoms. The summed E-state index contributed by atoms with van der Waals surface area (Å²) in [5, 5.41) is 0. The van der Waals surface area contributed by atoms with Crippen LogP contribution in [0.25, 0.3) is 0 Å². The van der Waals surface area contributed by atoms with Gasteiger partial charge in [-0.15, -0.1) is 0 Å². The van der Waals surface area contributed by atoms with Gasteiger partial charge >= 0.3 is 0 Å². The fourth-order valence-corrected chi connectivity index (χ4v) is 1.70. The first kappa shape index (κ1) is 11.5. The third-order valence-electron chi connectivity index (χ3n) is 2.12. The molecule has 0 saturated carbocycles. The summed E-state index contributed by atoms with van der Waals surface area (Å²) < 4.78 is 6.29. The summed E-state index contributed by atoms with van der Waals surface area (Å²) in [4.78, 5) is 0. The highest BCUT2D eigenvalue weighted by Crippen LogP contribution is 2.23. The molecule has 1 atom stereocenters. The van der Waals surface area contributed by atoms with Gasteiger partial charge < -0.3 is 10.5 Å². The van der Waals surface area contributed by atoms with Crippen molar-refractivity contribution >= 4 is 15.9 Å². The fourth-order valence-electron chi connectivity index (χ4n) is 1.25. The lowest BCUT2D eigenvalue weighted by atomic mass is 10.1. The molecule has 0 bridgehead atoms. The van der Waals surface area contributed by atoms with Crippen LogP contribution in [0.4, 0.5) is 0 Å². The van der Waals surface area contributed by atoms with E-state index in [0.717, 1.165) is 23.1 Å². The molecule has 0 radical (unpaired) electrons. The minimum Gasteiger partial charge on any atom is -0.497 e. The zero-order chi connectivity index (χ0) is 10.6. The summed E-state index contributed by atoms with van der Waals surface area (Å²) in [6.07, 6.45) is 1.97. The minimum absolute atomic E-state index is 0.244. The monoisotopic (exact) mass is 257 g/mol. The largest absolute Gasteiger partial charge is 0.497 e. The highest BCUT2D eigenvalue weighted by atomic mass is 79.9. The van der Waals surface area contributed by atoms with Gasteiger partial charge in [0.2, 0.25) is 0 Å². The molecule has 3 heteroatoms. The Morgan fingerprint density at radius 2 is 2.21 bits per heavy atom. The second kappa shape index (κ2) is 5.37. The van der Waals surface area contributed by atoms with Crippen LogP contribution >= 0.6 is 15.9 Å². The van der Waals surface area contributed by atoms with Gasteiger partial charge in [0.05, 0.1) is 7.11 Å². The number of hydrogen-bond donors (Lipinski definition) is 1. The first-order valence-electron chi connectivity index (χ1n) is 4.71. The molecule has 0 saturated heterocycles. The average Bonchev–Trinajstić information content (AvgIpc) is 2.16. The molecular weight excluding hydrogens is 242 g/mol. The Morgan fingerprint density at radius 1 is 1.50 bits per heavy atom.